The molecule has 0 radical (unpaired) electrons. The number of rotatable bonds is 43. The maximum Gasteiger partial charge on any atom is 0.472 e. The van der Waals surface area contributed by atoms with E-state index in [9.17, 15) is 19.0 Å². The lowest BCUT2D eigenvalue weighted by atomic mass is 10.0. The number of hydrogen-bond acceptors (Lipinski definition) is 8. The Hall–Kier alpha value is -2.03. The van der Waals surface area contributed by atoms with Gasteiger partial charge in [0.2, 0.25) is 0 Å². The van der Waals surface area contributed by atoms with Crippen molar-refractivity contribution in [2.75, 3.05) is 26.4 Å². The third-order valence-electron chi connectivity index (χ3n) is 9.74. The number of carbonyl (C=O) groups excluding carboxylic acids is 2. The summed E-state index contributed by atoms with van der Waals surface area (Å²) in [7, 11) is -4.39. The maximum atomic E-state index is 12.5. The first kappa shape index (κ1) is 55.0. The predicted molar refractivity (Wildman–Crippen MR) is 238 cm³/mol. The quantitative estimate of drug-likeness (QED) is 0.0267. The van der Waals surface area contributed by atoms with Crippen LogP contribution >= 0.6 is 7.82 Å². The lowest BCUT2D eigenvalue weighted by Crippen LogP contribution is -2.29. The van der Waals surface area contributed by atoms with Gasteiger partial charge >= 0.3 is 19.8 Å². The lowest BCUT2D eigenvalue weighted by molar-refractivity contribution is -0.161. The third-order valence-corrected chi connectivity index (χ3v) is 10.7. The highest BCUT2D eigenvalue weighted by molar-refractivity contribution is 7.47. The van der Waals surface area contributed by atoms with Crippen LogP contribution in [0, 0.1) is 0 Å². The maximum absolute atomic E-state index is 12.5. The van der Waals surface area contributed by atoms with Gasteiger partial charge in [-0.3, -0.25) is 18.6 Å². The van der Waals surface area contributed by atoms with Crippen LogP contribution in [-0.4, -0.2) is 49.3 Å². The van der Waals surface area contributed by atoms with Crippen molar-refractivity contribution < 1.29 is 37.6 Å². The molecule has 0 aromatic rings. The van der Waals surface area contributed by atoms with Gasteiger partial charge in [0, 0.05) is 19.4 Å². The van der Waals surface area contributed by atoms with Crippen LogP contribution < -0.4 is 5.73 Å². The number of carbonyl (C=O) groups is 2. The van der Waals surface area contributed by atoms with E-state index in [4.69, 9.17) is 24.3 Å². The zero-order valence-electron chi connectivity index (χ0n) is 36.6. The average Bonchev–Trinajstić information content (AvgIpc) is 3.20. The smallest absolute Gasteiger partial charge is 0.462 e. The first-order valence-corrected chi connectivity index (χ1v) is 24.6. The van der Waals surface area contributed by atoms with Gasteiger partial charge in [0.05, 0.1) is 13.2 Å². The van der Waals surface area contributed by atoms with Crippen molar-refractivity contribution >= 4 is 19.8 Å². The summed E-state index contributed by atoms with van der Waals surface area (Å²) in [6, 6.07) is 0. The van der Waals surface area contributed by atoms with Crippen molar-refractivity contribution in [2.24, 2.45) is 5.73 Å². The second kappa shape index (κ2) is 43.5. The van der Waals surface area contributed by atoms with Crippen molar-refractivity contribution in [1.82, 2.24) is 0 Å². The van der Waals surface area contributed by atoms with Crippen LogP contribution in [0.1, 0.15) is 206 Å². The molecule has 0 saturated heterocycles. The summed E-state index contributed by atoms with van der Waals surface area (Å²) >= 11 is 0. The van der Waals surface area contributed by atoms with Gasteiger partial charge in [-0.05, 0) is 38.5 Å². The second-order valence-corrected chi connectivity index (χ2v) is 16.7. The molecule has 0 heterocycles. The van der Waals surface area contributed by atoms with Gasteiger partial charge in [-0.2, -0.15) is 0 Å². The molecule has 0 aliphatic heterocycles. The molecule has 2 unspecified atom stereocenters. The molecule has 2 atom stereocenters. The van der Waals surface area contributed by atoms with Crippen molar-refractivity contribution in [2.45, 2.75) is 213 Å². The highest BCUT2D eigenvalue weighted by atomic mass is 31.2. The number of hydrogen-bond donors (Lipinski definition) is 2. The minimum atomic E-state index is -4.39. The van der Waals surface area contributed by atoms with E-state index in [1.165, 1.54) is 128 Å². The fraction of sp³-hybridized carbons (Fsp3) is 0.787. The van der Waals surface area contributed by atoms with Gasteiger partial charge in [0.1, 0.15) is 6.61 Å². The molecule has 0 saturated carbocycles. The molecule has 57 heavy (non-hydrogen) atoms. The summed E-state index contributed by atoms with van der Waals surface area (Å²) in [5, 5.41) is 0. The van der Waals surface area contributed by atoms with Gasteiger partial charge in [0.15, 0.2) is 6.10 Å². The molecule has 0 aromatic carbocycles. The molecule has 10 heteroatoms. The summed E-state index contributed by atoms with van der Waals surface area (Å²) in [6.45, 7) is 3.55. The Morgan fingerprint density at radius 3 is 1.40 bits per heavy atom. The van der Waals surface area contributed by atoms with Crippen LogP contribution in [-0.2, 0) is 32.7 Å². The Morgan fingerprint density at radius 2 is 0.965 bits per heavy atom. The van der Waals surface area contributed by atoms with Crippen molar-refractivity contribution in [3.05, 3.63) is 48.6 Å². The van der Waals surface area contributed by atoms with Crippen LogP contribution in [0.25, 0.3) is 0 Å². The second-order valence-electron chi connectivity index (χ2n) is 15.2. The van der Waals surface area contributed by atoms with Crippen molar-refractivity contribution in [1.29, 1.82) is 0 Å². The molecule has 332 valence electrons. The molecule has 3 N–H and O–H groups in total. The largest absolute Gasteiger partial charge is 0.472 e. The molecule has 0 rings (SSSR count). The minimum Gasteiger partial charge on any atom is -0.462 e. The number of phosphoric ester groups is 1. The molecule has 0 amide bonds. The number of phosphoric acid groups is 1. The number of nitrogens with two attached hydrogens (primary N) is 1. The normalized spacial score (nSPS) is 13.7. The summed E-state index contributed by atoms with van der Waals surface area (Å²) in [5.74, 6) is -0.918. The van der Waals surface area contributed by atoms with E-state index in [0.717, 1.165) is 44.9 Å². The van der Waals surface area contributed by atoms with Gasteiger partial charge in [-0.15, -0.1) is 0 Å². The topological polar surface area (TPSA) is 134 Å². The van der Waals surface area contributed by atoms with Crippen LogP contribution in [0.15, 0.2) is 48.6 Å². The molecule has 0 spiro atoms. The monoisotopic (exact) mass is 824 g/mol. The van der Waals surface area contributed by atoms with E-state index in [1.807, 2.05) is 12.2 Å². The van der Waals surface area contributed by atoms with E-state index < -0.39 is 32.5 Å². The summed E-state index contributed by atoms with van der Waals surface area (Å²) in [4.78, 5) is 34.8. The first-order chi connectivity index (χ1) is 27.8. The van der Waals surface area contributed by atoms with Crippen LogP contribution in [0.5, 0.6) is 0 Å². The Bertz CT molecular complexity index is 1080. The Morgan fingerprint density at radius 1 is 0.544 bits per heavy atom. The molecule has 0 aliphatic rings. The van der Waals surface area contributed by atoms with Gasteiger partial charge < -0.3 is 20.1 Å². The zero-order valence-corrected chi connectivity index (χ0v) is 37.5. The summed E-state index contributed by atoms with van der Waals surface area (Å²) in [6.07, 6.45) is 50.4. The zero-order chi connectivity index (χ0) is 41.8. The molecule has 9 nitrogen and oxygen atoms in total. The molecule has 0 aliphatic carbocycles. The van der Waals surface area contributed by atoms with E-state index >= 15 is 0 Å². The van der Waals surface area contributed by atoms with E-state index in [2.05, 4.69) is 50.3 Å². The van der Waals surface area contributed by atoms with Crippen molar-refractivity contribution in [3.8, 4) is 0 Å². The molecule has 0 fully saturated rings. The first-order valence-electron chi connectivity index (χ1n) is 23.1. The Kier molecular flexibility index (Phi) is 42.0. The van der Waals surface area contributed by atoms with Gasteiger partial charge in [0.25, 0.3) is 0 Å². The molecule has 0 bridgehead atoms. The van der Waals surface area contributed by atoms with Gasteiger partial charge in [-0.1, -0.05) is 204 Å². The Balaban J connectivity index is 4.06. The molecule has 0 aromatic heterocycles. The third kappa shape index (κ3) is 43.4. The predicted octanol–water partition coefficient (Wildman–Crippen LogP) is 13.5. The number of esters is 2. The summed E-state index contributed by atoms with van der Waals surface area (Å²) in [5.41, 5.74) is 5.34. The highest BCUT2D eigenvalue weighted by Gasteiger charge is 2.25. The number of allylic oxidation sites excluding steroid dienone is 8. The number of ether oxygens (including phenoxy) is 2. The van der Waals surface area contributed by atoms with Crippen molar-refractivity contribution in [3.63, 3.8) is 0 Å². The number of unbranched alkanes of at least 4 members (excludes halogenated alkanes) is 22. The van der Waals surface area contributed by atoms with Gasteiger partial charge in [-0.25, -0.2) is 4.57 Å². The van der Waals surface area contributed by atoms with E-state index in [-0.39, 0.29) is 32.6 Å². The van der Waals surface area contributed by atoms with Crippen LogP contribution in [0.3, 0.4) is 0 Å². The summed E-state index contributed by atoms with van der Waals surface area (Å²) < 4.78 is 32.7. The fourth-order valence-corrected chi connectivity index (χ4v) is 7.12. The standard InChI is InChI=1S/C47H86NO8P/c1-3-5-7-9-11-13-15-17-18-19-20-21-22-23-24-25-26-28-29-31-33-35-37-39-46(49)53-43-45(44-55-57(51,52)54-42-41-48)56-47(50)40-38-36-34-32-30-27-16-14-12-10-8-6-4-2/h6,8,12,14,27,30,34,36,45H,3-5,7,9-11,13,15-26,28-29,31-33,35,37-44,48H2,1-2H3,(H,51,52)/b8-6-,14-12-,30-27-,36-34-. The minimum absolute atomic E-state index is 0.0425. The SMILES string of the molecule is CC/C=C\C/C=C\C/C=C\C/C=C\CCC(=O)OC(COC(=O)CCCCCCCCCCCCCCCCCCCCCCCCC)COP(=O)(O)OCCN. The van der Waals surface area contributed by atoms with Crippen LogP contribution in [0.4, 0.5) is 0 Å². The van der Waals surface area contributed by atoms with Crippen LogP contribution in [0.2, 0.25) is 0 Å². The Labute approximate surface area is 349 Å². The molecular weight excluding hydrogens is 737 g/mol. The average molecular weight is 824 g/mol. The lowest BCUT2D eigenvalue weighted by Gasteiger charge is -2.19. The van der Waals surface area contributed by atoms with E-state index in [1.54, 1.807) is 0 Å². The molecular formula is C47H86NO8P. The highest BCUT2D eigenvalue weighted by Crippen LogP contribution is 2.43. The fourth-order valence-electron chi connectivity index (χ4n) is 6.36. The van der Waals surface area contributed by atoms with E-state index in [0.29, 0.717) is 6.42 Å².